The van der Waals surface area contributed by atoms with Crippen molar-refractivity contribution in [2.45, 2.75) is 44.4 Å². The van der Waals surface area contributed by atoms with Gasteiger partial charge >= 0.3 is 5.97 Å². The zero-order chi connectivity index (χ0) is 14.5. The van der Waals surface area contributed by atoms with E-state index < -0.39 is 0 Å². The van der Waals surface area contributed by atoms with E-state index in [1.807, 2.05) is 25.2 Å². The molecule has 4 nitrogen and oxygen atoms in total. The molecule has 4 heteroatoms. The number of ether oxygens (including phenoxy) is 1. The number of methoxy groups -OCH3 is 1. The van der Waals surface area contributed by atoms with Crippen LogP contribution in [-0.2, 0) is 11.3 Å². The number of carbonyl (C=O) groups is 1. The number of aliphatic hydroxyl groups is 1. The Bertz CT molecular complexity index is 461. The lowest BCUT2D eigenvalue weighted by Crippen LogP contribution is -2.42. The molecule has 2 atom stereocenters. The van der Waals surface area contributed by atoms with Crippen LogP contribution < -0.4 is 0 Å². The van der Waals surface area contributed by atoms with Crippen LogP contribution >= 0.6 is 0 Å². The second-order valence-corrected chi connectivity index (χ2v) is 5.53. The van der Waals surface area contributed by atoms with E-state index in [1.54, 1.807) is 6.07 Å². The lowest BCUT2D eigenvalue weighted by atomic mass is 9.91. The van der Waals surface area contributed by atoms with Gasteiger partial charge in [-0.3, -0.25) is 4.90 Å². The van der Waals surface area contributed by atoms with Crippen molar-refractivity contribution in [3.05, 3.63) is 35.4 Å². The number of carbonyl (C=O) groups excluding carboxylic acids is 1. The minimum Gasteiger partial charge on any atom is -0.465 e. The molecular formula is C16H23NO3. The Hall–Kier alpha value is -1.39. The minimum atomic E-state index is -0.313. The van der Waals surface area contributed by atoms with Crippen molar-refractivity contribution in [1.29, 1.82) is 0 Å². The van der Waals surface area contributed by atoms with Crippen molar-refractivity contribution >= 4 is 5.97 Å². The molecule has 1 fully saturated rings. The second kappa shape index (κ2) is 6.86. The number of rotatable bonds is 4. The smallest absolute Gasteiger partial charge is 0.337 e. The van der Waals surface area contributed by atoms with Gasteiger partial charge < -0.3 is 9.84 Å². The van der Waals surface area contributed by atoms with E-state index in [-0.39, 0.29) is 18.1 Å². The number of benzene rings is 1. The standard InChI is InChI=1S/C16H23NO3/c1-17(14-8-3-4-9-15(14)18)11-12-6-5-7-13(10-12)16(19)20-2/h5-7,10,14-15,18H,3-4,8-9,11H2,1-2H3. The van der Waals surface area contributed by atoms with E-state index in [9.17, 15) is 9.90 Å². The van der Waals surface area contributed by atoms with E-state index in [0.717, 1.165) is 31.4 Å². The molecule has 0 aliphatic heterocycles. The topological polar surface area (TPSA) is 49.8 Å². The van der Waals surface area contributed by atoms with Crippen LogP contribution in [0.1, 0.15) is 41.6 Å². The largest absolute Gasteiger partial charge is 0.465 e. The molecule has 20 heavy (non-hydrogen) atoms. The first-order valence-electron chi connectivity index (χ1n) is 7.17. The van der Waals surface area contributed by atoms with Gasteiger partial charge in [-0.2, -0.15) is 0 Å². The SMILES string of the molecule is COC(=O)c1cccc(CN(C)C2CCCCC2O)c1. The van der Waals surface area contributed by atoms with Crippen molar-refractivity contribution in [3.63, 3.8) is 0 Å². The lowest BCUT2D eigenvalue weighted by Gasteiger charge is -2.35. The zero-order valence-electron chi connectivity index (χ0n) is 12.2. The fourth-order valence-electron chi connectivity index (χ4n) is 2.93. The van der Waals surface area contributed by atoms with Gasteiger partial charge in [0, 0.05) is 12.6 Å². The van der Waals surface area contributed by atoms with Gasteiger partial charge in [-0.25, -0.2) is 4.79 Å². The molecule has 1 aliphatic rings. The molecule has 0 bridgehead atoms. The third-order valence-electron chi connectivity index (χ3n) is 4.04. The first-order valence-corrected chi connectivity index (χ1v) is 7.17. The Morgan fingerprint density at radius 3 is 2.85 bits per heavy atom. The first-order chi connectivity index (χ1) is 9.61. The molecule has 0 saturated heterocycles. The van der Waals surface area contributed by atoms with Gasteiger partial charge in [-0.15, -0.1) is 0 Å². The van der Waals surface area contributed by atoms with Crippen LogP contribution in [0.25, 0.3) is 0 Å². The number of hydrogen-bond donors (Lipinski definition) is 1. The highest BCUT2D eigenvalue weighted by Gasteiger charge is 2.26. The Labute approximate surface area is 120 Å². The van der Waals surface area contributed by atoms with Crippen molar-refractivity contribution in [3.8, 4) is 0 Å². The molecule has 0 spiro atoms. The summed E-state index contributed by atoms with van der Waals surface area (Å²) in [6, 6.07) is 7.69. The summed E-state index contributed by atoms with van der Waals surface area (Å²) in [4.78, 5) is 13.7. The maximum Gasteiger partial charge on any atom is 0.337 e. The number of aliphatic hydroxyl groups excluding tert-OH is 1. The first kappa shape index (κ1) is 15.0. The highest BCUT2D eigenvalue weighted by Crippen LogP contribution is 2.23. The molecule has 110 valence electrons. The summed E-state index contributed by atoms with van der Waals surface area (Å²) >= 11 is 0. The normalized spacial score (nSPS) is 22.8. The van der Waals surface area contributed by atoms with Gasteiger partial charge in [0.05, 0.1) is 18.8 Å². The molecule has 0 radical (unpaired) electrons. The van der Waals surface area contributed by atoms with Crippen molar-refractivity contribution in [2.24, 2.45) is 0 Å². The van der Waals surface area contributed by atoms with Crippen LogP contribution in [0.5, 0.6) is 0 Å². The van der Waals surface area contributed by atoms with Gasteiger partial charge in [0.2, 0.25) is 0 Å². The van der Waals surface area contributed by atoms with Gasteiger partial charge in [0.25, 0.3) is 0 Å². The molecule has 1 aromatic rings. The molecule has 1 aromatic carbocycles. The summed E-state index contributed by atoms with van der Waals surface area (Å²) < 4.78 is 4.74. The Balaban J connectivity index is 2.03. The van der Waals surface area contributed by atoms with Crippen molar-refractivity contribution in [2.75, 3.05) is 14.2 Å². The predicted octanol–water partition coefficient (Wildman–Crippen LogP) is 2.21. The summed E-state index contributed by atoms with van der Waals surface area (Å²) in [5.74, 6) is -0.313. The van der Waals surface area contributed by atoms with Crippen LogP contribution in [0.4, 0.5) is 0 Å². The lowest BCUT2D eigenvalue weighted by molar-refractivity contribution is 0.0288. The maximum atomic E-state index is 11.5. The van der Waals surface area contributed by atoms with Gasteiger partial charge in [-0.1, -0.05) is 25.0 Å². The quantitative estimate of drug-likeness (QED) is 0.857. The van der Waals surface area contributed by atoms with Crippen LogP contribution in [0.3, 0.4) is 0 Å². The number of esters is 1. The van der Waals surface area contributed by atoms with Crippen LogP contribution in [0.15, 0.2) is 24.3 Å². The average molecular weight is 277 g/mol. The monoisotopic (exact) mass is 277 g/mol. The van der Waals surface area contributed by atoms with E-state index in [2.05, 4.69) is 4.90 Å². The Morgan fingerprint density at radius 1 is 1.40 bits per heavy atom. The van der Waals surface area contributed by atoms with E-state index in [0.29, 0.717) is 5.56 Å². The highest BCUT2D eigenvalue weighted by atomic mass is 16.5. The van der Waals surface area contributed by atoms with E-state index >= 15 is 0 Å². The predicted molar refractivity (Wildman–Crippen MR) is 77.5 cm³/mol. The molecule has 1 aliphatic carbocycles. The summed E-state index contributed by atoms with van der Waals surface area (Å²) in [6.07, 6.45) is 3.97. The molecule has 2 unspecified atom stereocenters. The van der Waals surface area contributed by atoms with Gasteiger partial charge in [-0.05, 0) is 37.6 Å². The maximum absolute atomic E-state index is 11.5. The minimum absolute atomic E-state index is 0.213. The molecule has 0 heterocycles. The van der Waals surface area contributed by atoms with Crippen LogP contribution in [0.2, 0.25) is 0 Å². The molecular weight excluding hydrogens is 254 g/mol. The van der Waals surface area contributed by atoms with Crippen molar-refractivity contribution in [1.82, 2.24) is 4.90 Å². The summed E-state index contributed by atoms with van der Waals surface area (Å²) in [5.41, 5.74) is 1.63. The highest BCUT2D eigenvalue weighted by molar-refractivity contribution is 5.89. The van der Waals surface area contributed by atoms with E-state index in [1.165, 1.54) is 13.5 Å². The molecule has 1 N–H and O–H groups in total. The summed E-state index contributed by atoms with van der Waals surface area (Å²) in [7, 11) is 3.42. The number of likely N-dealkylation sites (N-methyl/N-ethyl adjacent to an activating group) is 1. The second-order valence-electron chi connectivity index (χ2n) is 5.53. The van der Waals surface area contributed by atoms with Gasteiger partial charge in [0.1, 0.15) is 0 Å². The Morgan fingerprint density at radius 2 is 2.15 bits per heavy atom. The summed E-state index contributed by atoms with van der Waals surface area (Å²) in [5, 5.41) is 10.1. The zero-order valence-corrected chi connectivity index (χ0v) is 12.2. The molecule has 1 saturated carbocycles. The third kappa shape index (κ3) is 3.58. The molecule has 0 aromatic heterocycles. The molecule has 2 rings (SSSR count). The van der Waals surface area contributed by atoms with Crippen molar-refractivity contribution < 1.29 is 14.6 Å². The third-order valence-corrected chi connectivity index (χ3v) is 4.04. The van der Waals surface area contributed by atoms with Crippen LogP contribution in [-0.4, -0.2) is 42.3 Å². The van der Waals surface area contributed by atoms with E-state index in [4.69, 9.17) is 4.74 Å². The fourth-order valence-corrected chi connectivity index (χ4v) is 2.93. The average Bonchev–Trinajstić information content (AvgIpc) is 2.47. The Kier molecular flexibility index (Phi) is 5.15. The number of hydrogen-bond acceptors (Lipinski definition) is 4. The number of nitrogens with zero attached hydrogens (tertiary/aromatic N) is 1. The van der Waals surface area contributed by atoms with Crippen LogP contribution in [0, 0.1) is 0 Å². The fraction of sp³-hybridized carbons (Fsp3) is 0.562. The summed E-state index contributed by atoms with van der Waals surface area (Å²) in [6.45, 7) is 0.729. The van der Waals surface area contributed by atoms with Gasteiger partial charge in [0.15, 0.2) is 0 Å². The molecule has 0 amide bonds.